The lowest BCUT2D eigenvalue weighted by molar-refractivity contribution is -0.143. The van der Waals surface area contributed by atoms with Crippen LogP contribution in [0.1, 0.15) is 20.3 Å². The van der Waals surface area contributed by atoms with Crippen LogP contribution in [-0.2, 0) is 16.6 Å². The molecule has 0 fully saturated rings. The zero-order chi connectivity index (χ0) is 11.3. The Kier molecular flexibility index (Phi) is 4.15. The van der Waals surface area contributed by atoms with E-state index in [9.17, 15) is 4.79 Å². The summed E-state index contributed by atoms with van der Waals surface area (Å²) in [5, 5.41) is 7.19. The van der Waals surface area contributed by atoms with Crippen molar-refractivity contribution in [3.05, 3.63) is 12.4 Å². The second-order valence-electron chi connectivity index (χ2n) is 3.46. The molecule has 1 heterocycles. The van der Waals surface area contributed by atoms with E-state index in [0.29, 0.717) is 13.0 Å². The molecule has 1 N–H and O–H groups in total. The van der Waals surface area contributed by atoms with Gasteiger partial charge in [0.15, 0.2) is 0 Å². The topological polar surface area (TPSA) is 56.1 Å². The van der Waals surface area contributed by atoms with Gasteiger partial charge in [0, 0.05) is 19.3 Å². The largest absolute Gasteiger partial charge is 0.466 e. The summed E-state index contributed by atoms with van der Waals surface area (Å²) in [7, 11) is 1.85. The van der Waals surface area contributed by atoms with Crippen LogP contribution in [0.3, 0.4) is 0 Å². The number of hydrogen-bond donors (Lipinski definition) is 1. The molecule has 1 unspecified atom stereocenters. The molecule has 84 valence electrons. The monoisotopic (exact) mass is 211 g/mol. The summed E-state index contributed by atoms with van der Waals surface area (Å²) >= 11 is 0. The molecule has 15 heavy (non-hydrogen) atoms. The number of nitrogens with one attached hydrogen (secondary N) is 1. The molecular weight excluding hydrogens is 194 g/mol. The van der Waals surface area contributed by atoms with Crippen LogP contribution in [0.4, 0.5) is 5.69 Å². The van der Waals surface area contributed by atoms with Gasteiger partial charge in [0.1, 0.15) is 0 Å². The van der Waals surface area contributed by atoms with Crippen molar-refractivity contribution in [3.8, 4) is 0 Å². The van der Waals surface area contributed by atoms with E-state index in [0.717, 1.165) is 5.69 Å². The van der Waals surface area contributed by atoms with Crippen LogP contribution >= 0.6 is 0 Å². The molecule has 0 radical (unpaired) electrons. The van der Waals surface area contributed by atoms with Crippen LogP contribution in [0.2, 0.25) is 0 Å². The molecule has 0 aliphatic heterocycles. The Bertz CT molecular complexity index is 322. The molecule has 0 spiro atoms. The Balaban J connectivity index is 2.35. The highest BCUT2D eigenvalue weighted by Crippen LogP contribution is 2.07. The number of hydrogen-bond acceptors (Lipinski definition) is 4. The molecule has 0 bridgehead atoms. The van der Waals surface area contributed by atoms with Crippen molar-refractivity contribution in [3.63, 3.8) is 0 Å². The lowest BCUT2D eigenvalue weighted by atomic mass is 10.2. The van der Waals surface area contributed by atoms with E-state index in [1.165, 1.54) is 0 Å². The Morgan fingerprint density at radius 3 is 3.00 bits per heavy atom. The van der Waals surface area contributed by atoms with E-state index < -0.39 is 0 Å². The van der Waals surface area contributed by atoms with Crippen molar-refractivity contribution >= 4 is 11.7 Å². The highest BCUT2D eigenvalue weighted by Gasteiger charge is 2.09. The molecule has 0 aliphatic rings. The fourth-order valence-corrected chi connectivity index (χ4v) is 1.30. The minimum absolute atomic E-state index is 0.0493. The van der Waals surface area contributed by atoms with E-state index in [1.54, 1.807) is 17.8 Å². The van der Waals surface area contributed by atoms with Crippen LogP contribution in [0.15, 0.2) is 12.4 Å². The summed E-state index contributed by atoms with van der Waals surface area (Å²) < 4.78 is 6.56. The number of carbonyl (C=O) groups excluding carboxylic acids is 1. The maximum Gasteiger partial charge on any atom is 0.307 e. The first-order chi connectivity index (χ1) is 7.11. The lowest BCUT2D eigenvalue weighted by Crippen LogP contribution is -2.20. The van der Waals surface area contributed by atoms with Gasteiger partial charge in [-0.25, -0.2) is 0 Å². The number of anilines is 1. The first-order valence-corrected chi connectivity index (χ1v) is 5.02. The van der Waals surface area contributed by atoms with Crippen molar-refractivity contribution in [1.82, 2.24) is 9.78 Å². The van der Waals surface area contributed by atoms with Crippen LogP contribution in [0.5, 0.6) is 0 Å². The maximum atomic E-state index is 11.2. The quantitative estimate of drug-likeness (QED) is 0.743. The Hall–Kier alpha value is -1.52. The standard InChI is InChI=1S/C10H17N3O2/c1-4-15-10(14)5-8(2)12-9-6-11-13(3)7-9/h6-8,12H,4-5H2,1-3H3. The van der Waals surface area contributed by atoms with E-state index in [1.807, 2.05) is 20.2 Å². The second kappa shape index (κ2) is 5.38. The molecule has 1 atom stereocenters. The van der Waals surface area contributed by atoms with Crippen molar-refractivity contribution < 1.29 is 9.53 Å². The molecule has 0 aliphatic carbocycles. The molecular formula is C10H17N3O2. The zero-order valence-corrected chi connectivity index (χ0v) is 9.36. The van der Waals surface area contributed by atoms with Crippen LogP contribution in [0, 0.1) is 0 Å². The van der Waals surface area contributed by atoms with Crippen molar-refractivity contribution in [2.45, 2.75) is 26.3 Å². The fraction of sp³-hybridized carbons (Fsp3) is 0.600. The van der Waals surface area contributed by atoms with Gasteiger partial charge in [-0.3, -0.25) is 9.48 Å². The third-order valence-corrected chi connectivity index (χ3v) is 1.90. The van der Waals surface area contributed by atoms with Crippen LogP contribution in [-0.4, -0.2) is 28.4 Å². The molecule has 0 amide bonds. The van der Waals surface area contributed by atoms with Gasteiger partial charge in [-0.2, -0.15) is 5.10 Å². The highest BCUT2D eigenvalue weighted by molar-refractivity contribution is 5.70. The number of esters is 1. The fourth-order valence-electron chi connectivity index (χ4n) is 1.30. The molecule has 1 aromatic heterocycles. The summed E-state index contributed by atoms with van der Waals surface area (Å²) in [5.41, 5.74) is 0.911. The van der Waals surface area contributed by atoms with Gasteiger partial charge in [0.2, 0.25) is 0 Å². The summed E-state index contributed by atoms with van der Waals surface area (Å²) in [6.45, 7) is 4.17. The predicted octanol–water partition coefficient (Wildman–Crippen LogP) is 1.17. The highest BCUT2D eigenvalue weighted by atomic mass is 16.5. The van der Waals surface area contributed by atoms with Gasteiger partial charge < -0.3 is 10.1 Å². The van der Waals surface area contributed by atoms with E-state index in [4.69, 9.17) is 4.74 Å². The average Bonchev–Trinajstić information content (AvgIpc) is 2.51. The van der Waals surface area contributed by atoms with Crippen molar-refractivity contribution in [2.75, 3.05) is 11.9 Å². The number of nitrogens with zero attached hydrogens (tertiary/aromatic N) is 2. The van der Waals surface area contributed by atoms with Gasteiger partial charge in [-0.05, 0) is 13.8 Å². The molecule has 5 heteroatoms. The van der Waals surface area contributed by atoms with Gasteiger partial charge >= 0.3 is 5.97 Å². The predicted molar refractivity (Wildman–Crippen MR) is 57.5 cm³/mol. The normalized spacial score (nSPS) is 12.2. The third-order valence-electron chi connectivity index (χ3n) is 1.90. The van der Waals surface area contributed by atoms with Crippen molar-refractivity contribution in [2.24, 2.45) is 7.05 Å². The smallest absolute Gasteiger partial charge is 0.307 e. The summed E-state index contributed by atoms with van der Waals surface area (Å²) in [5.74, 6) is -0.179. The average molecular weight is 211 g/mol. The first kappa shape index (κ1) is 11.6. The molecule has 0 saturated heterocycles. The Labute approximate surface area is 89.4 Å². The molecule has 0 aromatic carbocycles. The lowest BCUT2D eigenvalue weighted by Gasteiger charge is -2.12. The van der Waals surface area contributed by atoms with Gasteiger partial charge in [0.25, 0.3) is 0 Å². The minimum Gasteiger partial charge on any atom is -0.466 e. The zero-order valence-electron chi connectivity index (χ0n) is 9.36. The number of carbonyl (C=O) groups is 1. The van der Waals surface area contributed by atoms with Gasteiger partial charge in [-0.15, -0.1) is 0 Å². The Morgan fingerprint density at radius 1 is 1.73 bits per heavy atom. The van der Waals surface area contributed by atoms with Crippen LogP contribution in [0.25, 0.3) is 0 Å². The number of aromatic nitrogens is 2. The van der Waals surface area contributed by atoms with Gasteiger partial charge in [-0.1, -0.05) is 0 Å². The Morgan fingerprint density at radius 2 is 2.47 bits per heavy atom. The molecule has 1 rings (SSSR count). The summed E-state index contributed by atoms with van der Waals surface area (Å²) in [6, 6.07) is 0.0493. The molecule has 1 aromatic rings. The SMILES string of the molecule is CCOC(=O)CC(C)Nc1cnn(C)c1. The third kappa shape index (κ3) is 4.01. The maximum absolute atomic E-state index is 11.2. The molecule has 5 nitrogen and oxygen atoms in total. The number of rotatable bonds is 5. The summed E-state index contributed by atoms with van der Waals surface area (Å²) in [6.07, 6.45) is 3.95. The van der Waals surface area contributed by atoms with E-state index in [-0.39, 0.29) is 12.0 Å². The number of ether oxygens (including phenoxy) is 1. The van der Waals surface area contributed by atoms with Gasteiger partial charge in [0.05, 0.1) is 24.9 Å². The first-order valence-electron chi connectivity index (χ1n) is 5.02. The summed E-state index contributed by atoms with van der Waals surface area (Å²) in [4.78, 5) is 11.2. The van der Waals surface area contributed by atoms with Crippen LogP contribution < -0.4 is 5.32 Å². The second-order valence-corrected chi connectivity index (χ2v) is 3.46. The van der Waals surface area contributed by atoms with E-state index in [2.05, 4.69) is 10.4 Å². The molecule has 0 saturated carbocycles. The van der Waals surface area contributed by atoms with E-state index >= 15 is 0 Å². The minimum atomic E-state index is -0.179. The van der Waals surface area contributed by atoms with Crippen molar-refractivity contribution in [1.29, 1.82) is 0 Å². The number of aryl methyl sites for hydroxylation is 1.